The number of hydrogen-bond donors (Lipinski definition) is 1. The Morgan fingerprint density at radius 2 is 2.38 bits per heavy atom. The monoisotopic (exact) mass is 260 g/mol. The number of fused-ring (bicyclic) bond motifs is 1. The fourth-order valence-electron chi connectivity index (χ4n) is 1.02. The van der Waals surface area contributed by atoms with E-state index in [4.69, 9.17) is 11.6 Å². The summed E-state index contributed by atoms with van der Waals surface area (Å²) in [7, 11) is 1.76. The first-order chi connectivity index (χ1) is 6.20. The lowest BCUT2D eigenvalue weighted by Crippen LogP contribution is -1.90. The molecule has 0 spiro atoms. The smallest absolute Gasteiger partial charge is 0.242 e. The number of nitrogens with zero attached hydrogens (tertiary/aromatic N) is 3. The molecule has 0 unspecified atom stereocenters. The van der Waals surface area contributed by atoms with E-state index in [1.165, 1.54) is 0 Å². The highest BCUT2D eigenvalue weighted by atomic mass is 79.9. The molecule has 0 fully saturated rings. The Balaban J connectivity index is 2.75. The molecule has 0 saturated carbocycles. The Bertz CT molecular complexity index is 453. The lowest BCUT2D eigenvalue weighted by Gasteiger charge is -1.94. The maximum absolute atomic E-state index is 5.95. The molecule has 0 radical (unpaired) electrons. The SMILES string of the molecule is CNc1nc2c(Cl)cc(Br)cn2n1. The van der Waals surface area contributed by atoms with Gasteiger partial charge in [0.15, 0.2) is 5.65 Å². The second kappa shape index (κ2) is 3.16. The highest BCUT2D eigenvalue weighted by molar-refractivity contribution is 9.10. The Labute approximate surface area is 88.0 Å². The second-order valence-electron chi connectivity index (χ2n) is 2.46. The summed E-state index contributed by atoms with van der Waals surface area (Å²) in [5, 5.41) is 7.55. The summed E-state index contributed by atoms with van der Waals surface area (Å²) in [5.74, 6) is 0.556. The van der Waals surface area contributed by atoms with Gasteiger partial charge in [0.2, 0.25) is 5.95 Å². The van der Waals surface area contributed by atoms with Gasteiger partial charge in [0.05, 0.1) is 5.02 Å². The molecular formula is C7H6BrClN4. The minimum atomic E-state index is 0.556. The zero-order valence-electron chi connectivity index (χ0n) is 6.75. The molecule has 0 aromatic carbocycles. The highest BCUT2D eigenvalue weighted by Gasteiger charge is 2.06. The van der Waals surface area contributed by atoms with Crippen LogP contribution in [0.1, 0.15) is 0 Å². The van der Waals surface area contributed by atoms with E-state index in [0.29, 0.717) is 16.6 Å². The Morgan fingerprint density at radius 3 is 3.08 bits per heavy atom. The maximum Gasteiger partial charge on any atom is 0.242 e. The van der Waals surface area contributed by atoms with Crippen LogP contribution < -0.4 is 5.32 Å². The van der Waals surface area contributed by atoms with Crippen LogP contribution in [0.4, 0.5) is 5.95 Å². The number of aromatic nitrogens is 3. The van der Waals surface area contributed by atoms with Crippen LogP contribution >= 0.6 is 27.5 Å². The predicted molar refractivity (Wildman–Crippen MR) is 55.2 cm³/mol. The molecule has 0 bridgehead atoms. The van der Waals surface area contributed by atoms with E-state index in [-0.39, 0.29) is 0 Å². The Morgan fingerprint density at radius 1 is 1.62 bits per heavy atom. The predicted octanol–water partition coefficient (Wildman–Crippen LogP) is 2.19. The normalized spacial score (nSPS) is 10.7. The Kier molecular flexibility index (Phi) is 2.13. The van der Waals surface area contributed by atoms with Crippen molar-refractivity contribution in [1.29, 1.82) is 0 Å². The van der Waals surface area contributed by atoms with Crippen molar-refractivity contribution in [2.75, 3.05) is 12.4 Å². The van der Waals surface area contributed by atoms with Crippen LogP contribution in [0.5, 0.6) is 0 Å². The fraction of sp³-hybridized carbons (Fsp3) is 0.143. The first kappa shape index (κ1) is 8.77. The van der Waals surface area contributed by atoms with Gasteiger partial charge in [-0.1, -0.05) is 11.6 Å². The van der Waals surface area contributed by atoms with Crippen LogP contribution in [-0.4, -0.2) is 21.6 Å². The quantitative estimate of drug-likeness (QED) is 0.855. The van der Waals surface area contributed by atoms with Crippen molar-refractivity contribution in [3.63, 3.8) is 0 Å². The van der Waals surface area contributed by atoms with Gasteiger partial charge in [-0.25, -0.2) is 4.52 Å². The minimum Gasteiger partial charge on any atom is -0.356 e. The van der Waals surface area contributed by atoms with E-state index in [1.807, 2.05) is 0 Å². The average Bonchev–Trinajstić information content (AvgIpc) is 2.47. The van der Waals surface area contributed by atoms with Gasteiger partial charge >= 0.3 is 0 Å². The standard InChI is InChI=1S/C7H6BrClN4/c1-10-7-11-6-5(9)2-4(8)3-13(6)12-7/h2-3H,1H3,(H,10,12). The van der Waals surface area contributed by atoms with Crippen LogP contribution in [0.3, 0.4) is 0 Å². The highest BCUT2D eigenvalue weighted by Crippen LogP contribution is 2.21. The van der Waals surface area contributed by atoms with E-state index in [0.717, 1.165) is 4.47 Å². The number of hydrogen-bond acceptors (Lipinski definition) is 3. The molecule has 2 aromatic rings. The van der Waals surface area contributed by atoms with Crippen LogP contribution in [0.15, 0.2) is 16.7 Å². The maximum atomic E-state index is 5.95. The lowest BCUT2D eigenvalue weighted by atomic mass is 10.5. The van der Waals surface area contributed by atoms with Gasteiger partial charge in [-0.2, -0.15) is 4.98 Å². The Hall–Kier alpha value is -0.810. The molecule has 0 atom stereocenters. The second-order valence-corrected chi connectivity index (χ2v) is 3.78. The summed E-state index contributed by atoms with van der Waals surface area (Å²) in [4.78, 5) is 4.16. The summed E-state index contributed by atoms with van der Waals surface area (Å²) < 4.78 is 2.50. The molecule has 68 valence electrons. The largest absolute Gasteiger partial charge is 0.356 e. The van der Waals surface area contributed by atoms with Gasteiger partial charge < -0.3 is 5.32 Å². The molecule has 0 aliphatic heterocycles. The minimum absolute atomic E-state index is 0.556. The zero-order chi connectivity index (χ0) is 9.42. The lowest BCUT2D eigenvalue weighted by molar-refractivity contribution is 0.958. The molecule has 0 aliphatic carbocycles. The first-order valence-electron chi connectivity index (χ1n) is 3.60. The van der Waals surface area contributed by atoms with Gasteiger partial charge in [0, 0.05) is 17.7 Å². The summed E-state index contributed by atoms with van der Waals surface area (Å²) in [5.41, 5.74) is 0.647. The third kappa shape index (κ3) is 1.49. The van der Waals surface area contributed by atoms with E-state index in [1.54, 1.807) is 23.8 Å². The van der Waals surface area contributed by atoms with E-state index < -0.39 is 0 Å². The van der Waals surface area contributed by atoms with E-state index in [9.17, 15) is 0 Å². The van der Waals surface area contributed by atoms with Crippen molar-refractivity contribution in [3.8, 4) is 0 Å². The van der Waals surface area contributed by atoms with Crippen molar-refractivity contribution >= 4 is 39.1 Å². The summed E-state index contributed by atoms with van der Waals surface area (Å²) in [6.07, 6.45) is 1.80. The zero-order valence-corrected chi connectivity index (χ0v) is 9.09. The van der Waals surface area contributed by atoms with Gasteiger partial charge in [0.25, 0.3) is 0 Å². The number of anilines is 1. The topological polar surface area (TPSA) is 42.2 Å². The number of nitrogens with one attached hydrogen (secondary N) is 1. The van der Waals surface area contributed by atoms with Gasteiger partial charge in [-0.3, -0.25) is 0 Å². The van der Waals surface area contributed by atoms with Crippen molar-refractivity contribution in [2.24, 2.45) is 0 Å². The third-order valence-electron chi connectivity index (χ3n) is 1.58. The summed E-state index contributed by atoms with van der Waals surface area (Å²) in [6.45, 7) is 0. The molecule has 4 nitrogen and oxygen atoms in total. The van der Waals surface area contributed by atoms with Crippen LogP contribution in [0.2, 0.25) is 5.02 Å². The third-order valence-corrected chi connectivity index (χ3v) is 2.29. The van der Waals surface area contributed by atoms with Gasteiger partial charge in [0.1, 0.15) is 0 Å². The van der Waals surface area contributed by atoms with Gasteiger partial charge in [-0.05, 0) is 22.0 Å². The molecule has 2 rings (SSSR count). The van der Waals surface area contributed by atoms with E-state index >= 15 is 0 Å². The molecule has 0 saturated heterocycles. The molecule has 0 amide bonds. The summed E-state index contributed by atoms with van der Waals surface area (Å²) in [6, 6.07) is 1.78. The molecule has 2 aromatic heterocycles. The molecule has 0 aliphatic rings. The van der Waals surface area contributed by atoms with Crippen molar-refractivity contribution in [2.45, 2.75) is 0 Å². The van der Waals surface area contributed by atoms with E-state index in [2.05, 4.69) is 31.3 Å². The molecule has 2 heterocycles. The van der Waals surface area contributed by atoms with Crippen LogP contribution in [-0.2, 0) is 0 Å². The number of rotatable bonds is 1. The van der Waals surface area contributed by atoms with Crippen LogP contribution in [0.25, 0.3) is 5.65 Å². The van der Waals surface area contributed by atoms with Crippen molar-refractivity contribution in [1.82, 2.24) is 14.6 Å². The number of halogens is 2. The molecule has 13 heavy (non-hydrogen) atoms. The first-order valence-corrected chi connectivity index (χ1v) is 4.77. The van der Waals surface area contributed by atoms with Crippen LogP contribution in [0, 0.1) is 0 Å². The summed E-state index contributed by atoms with van der Waals surface area (Å²) >= 11 is 9.27. The van der Waals surface area contributed by atoms with Crippen molar-refractivity contribution < 1.29 is 0 Å². The number of pyridine rings is 1. The van der Waals surface area contributed by atoms with Crippen molar-refractivity contribution in [3.05, 3.63) is 21.8 Å². The molecule has 6 heteroatoms. The molecular weight excluding hydrogens is 255 g/mol. The fourth-order valence-corrected chi connectivity index (χ4v) is 1.82. The average molecular weight is 262 g/mol. The van der Waals surface area contributed by atoms with Gasteiger partial charge in [-0.15, -0.1) is 5.10 Å². The molecule has 1 N–H and O–H groups in total.